The van der Waals surface area contributed by atoms with E-state index in [1.54, 1.807) is 11.8 Å². The summed E-state index contributed by atoms with van der Waals surface area (Å²) in [5, 5.41) is 2.75. The third-order valence-electron chi connectivity index (χ3n) is 3.22. The van der Waals surface area contributed by atoms with Crippen molar-refractivity contribution in [3.05, 3.63) is 12.2 Å². The van der Waals surface area contributed by atoms with Crippen LogP contribution in [0.4, 0.5) is 0 Å². The summed E-state index contributed by atoms with van der Waals surface area (Å²) in [6, 6.07) is -0.618. The lowest BCUT2D eigenvalue weighted by atomic mass is 10.0. The molecule has 2 atom stereocenters. The zero-order valence-electron chi connectivity index (χ0n) is 9.77. The van der Waals surface area contributed by atoms with E-state index in [0.29, 0.717) is 12.5 Å². The fourth-order valence-electron chi connectivity index (χ4n) is 2.19. The number of amides is 2. The van der Waals surface area contributed by atoms with Crippen LogP contribution in [0.15, 0.2) is 12.2 Å². The SMILES string of the molecule is C/C=C/CN1C(=O)C(C)NC(=O)C1C1CC1. The number of hydrogen-bond donors (Lipinski definition) is 1. The Labute approximate surface area is 95.7 Å². The van der Waals surface area contributed by atoms with E-state index in [1.807, 2.05) is 19.1 Å². The van der Waals surface area contributed by atoms with Gasteiger partial charge in [-0.3, -0.25) is 9.59 Å². The quantitative estimate of drug-likeness (QED) is 0.714. The molecule has 88 valence electrons. The Morgan fingerprint density at radius 2 is 2.12 bits per heavy atom. The third-order valence-corrected chi connectivity index (χ3v) is 3.22. The summed E-state index contributed by atoms with van der Waals surface area (Å²) >= 11 is 0. The topological polar surface area (TPSA) is 49.4 Å². The van der Waals surface area contributed by atoms with Gasteiger partial charge in [-0.05, 0) is 32.6 Å². The Kier molecular flexibility index (Phi) is 2.99. The largest absolute Gasteiger partial charge is 0.343 e. The van der Waals surface area contributed by atoms with Crippen molar-refractivity contribution in [3.63, 3.8) is 0 Å². The average molecular weight is 222 g/mol. The molecule has 0 aromatic carbocycles. The summed E-state index contributed by atoms with van der Waals surface area (Å²) in [7, 11) is 0. The van der Waals surface area contributed by atoms with E-state index in [0.717, 1.165) is 12.8 Å². The van der Waals surface area contributed by atoms with Crippen molar-refractivity contribution in [2.75, 3.05) is 6.54 Å². The molecule has 1 saturated heterocycles. The average Bonchev–Trinajstić information content (AvgIpc) is 3.05. The first kappa shape index (κ1) is 11.2. The summed E-state index contributed by atoms with van der Waals surface area (Å²) in [6.07, 6.45) is 5.96. The maximum Gasteiger partial charge on any atom is 0.245 e. The molecule has 1 saturated carbocycles. The van der Waals surface area contributed by atoms with Crippen LogP contribution in [-0.2, 0) is 9.59 Å². The van der Waals surface area contributed by atoms with E-state index in [9.17, 15) is 9.59 Å². The van der Waals surface area contributed by atoms with Crippen LogP contribution in [0.25, 0.3) is 0 Å². The minimum atomic E-state index is -0.382. The lowest BCUT2D eigenvalue weighted by Crippen LogP contribution is -2.63. The lowest BCUT2D eigenvalue weighted by molar-refractivity contribution is -0.149. The normalized spacial score (nSPS) is 31.0. The molecule has 16 heavy (non-hydrogen) atoms. The fourth-order valence-corrected chi connectivity index (χ4v) is 2.19. The highest BCUT2D eigenvalue weighted by atomic mass is 16.2. The minimum absolute atomic E-state index is 0.0131. The first-order chi connectivity index (χ1) is 7.65. The Bertz CT molecular complexity index is 334. The van der Waals surface area contributed by atoms with Crippen LogP contribution in [0.5, 0.6) is 0 Å². The first-order valence-corrected chi connectivity index (χ1v) is 5.87. The van der Waals surface area contributed by atoms with Crippen LogP contribution in [0, 0.1) is 5.92 Å². The van der Waals surface area contributed by atoms with E-state index in [4.69, 9.17) is 0 Å². The van der Waals surface area contributed by atoms with Crippen molar-refractivity contribution in [1.82, 2.24) is 10.2 Å². The number of nitrogens with zero attached hydrogens (tertiary/aromatic N) is 1. The molecule has 1 heterocycles. The maximum absolute atomic E-state index is 12.0. The molecule has 0 aromatic heterocycles. The van der Waals surface area contributed by atoms with Gasteiger partial charge in [0, 0.05) is 6.54 Å². The van der Waals surface area contributed by atoms with Gasteiger partial charge in [0.2, 0.25) is 11.8 Å². The van der Waals surface area contributed by atoms with Gasteiger partial charge in [-0.15, -0.1) is 0 Å². The van der Waals surface area contributed by atoms with E-state index in [2.05, 4.69) is 5.32 Å². The van der Waals surface area contributed by atoms with E-state index < -0.39 is 0 Å². The van der Waals surface area contributed by atoms with Crippen LogP contribution in [0.3, 0.4) is 0 Å². The predicted octanol–water partition coefficient (Wildman–Crippen LogP) is 0.688. The number of nitrogens with one attached hydrogen (secondary N) is 1. The van der Waals surface area contributed by atoms with E-state index in [-0.39, 0.29) is 23.9 Å². The summed E-state index contributed by atoms with van der Waals surface area (Å²) in [5.74, 6) is 0.426. The summed E-state index contributed by atoms with van der Waals surface area (Å²) < 4.78 is 0. The first-order valence-electron chi connectivity index (χ1n) is 5.87. The Morgan fingerprint density at radius 3 is 2.69 bits per heavy atom. The number of rotatable bonds is 3. The van der Waals surface area contributed by atoms with Crippen molar-refractivity contribution in [3.8, 4) is 0 Å². The summed E-state index contributed by atoms with van der Waals surface area (Å²) in [4.78, 5) is 25.6. The third kappa shape index (κ3) is 1.96. The van der Waals surface area contributed by atoms with Crippen molar-refractivity contribution in [2.24, 2.45) is 5.92 Å². The van der Waals surface area contributed by atoms with E-state index >= 15 is 0 Å². The van der Waals surface area contributed by atoms with Crippen LogP contribution in [0.2, 0.25) is 0 Å². The molecule has 2 fully saturated rings. The predicted molar refractivity (Wildman–Crippen MR) is 60.6 cm³/mol. The Hall–Kier alpha value is -1.32. The van der Waals surface area contributed by atoms with Gasteiger partial charge in [-0.1, -0.05) is 12.2 Å². The van der Waals surface area contributed by atoms with Gasteiger partial charge < -0.3 is 10.2 Å². The van der Waals surface area contributed by atoms with Gasteiger partial charge in [-0.25, -0.2) is 0 Å². The van der Waals surface area contributed by atoms with Crippen LogP contribution >= 0.6 is 0 Å². The molecular formula is C12H18N2O2. The fraction of sp³-hybridized carbons (Fsp3) is 0.667. The molecular weight excluding hydrogens is 204 g/mol. The molecule has 2 unspecified atom stereocenters. The Morgan fingerprint density at radius 1 is 1.44 bits per heavy atom. The summed E-state index contributed by atoms with van der Waals surface area (Å²) in [6.45, 7) is 4.21. The van der Waals surface area contributed by atoms with Crippen molar-refractivity contribution in [2.45, 2.75) is 38.8 Å². The molecule has 0 spiro atoms. The smallest absolute Gasteiger partial charge is 0.245 e. The molecule has 0 aromatic rings. The van der Waals surface area contributed by atoms with Crippen LogP contribution in [0.1, 0.15) is 26.7 Å². The van der Waals surface area contributed by atoms with Gasteiger partial charge in [-0.2, -0.15) is 0 Å². The molecule has 1 N–H and O–H groups in total. The van der Waals surface area contributed by atoms with Crippen molar-refractivity contribution < 1.29 is 9.59 Å². The van der Waals surface area contributed by atoms with Gasteiger partial charge in [0.25, 0.3) is 0 Å². The van der Waals surface area contributed by atoms with Gasteiger partial charge in [0.1, 0.15) is 12.1 Å². The lowest BCUT2D eigenvalue weighted by Gasteiger charge is -2.37. The molecule has 2 rings (SSSR count). The molecule has 1 aliphatic heterocycles. The molecule has 1 aliphatic carbocycles. The molecule has 2 amide bonds. The van der Waals surface area contributed by atoms with Gasteiger partial charge in [0.05, 0.1) is 0 Å². The molecule has 4 nitrogen and oxygen atoms in total. The van der Waals surface area contributed by atoms with Crippen molar-refractivity contribution >= 4 is 11.8 Å². The minimum Gasteiger partial charge on any atom is -0.343 e. The van der Waals surface area contributed by atoms with Crippen molar-refractivity contribution in [1.29, 1.82) is 0 Å². The zero-order chi connectivity index (χ0) is 11.7. The Balaban J connectivity index is 2.17. The monoisotopic (exact) mass is 222 g/mol. The summed E-state index contributed by atoms with van der Waals surface area (Å²) in [5.41, 5.74) is 0. The zero-order valence-corrected chi connectivity index (χ0v) is 9.77. The number of piperazine rings is 1. The number of allylic oxidation sites excluding steroid dienone is 1. The molecule has 0 radical (unpaired) electrons. The maximum atomic E-state index is 12.0. The molecule has 0 bridgehead atoms. The highest BCUT2D eigenvalue weighted by molar-refractivity contribution is 5.97. The highest BCUT2D eigenvalue weighted by Gasteiger charge is 2.46. The number of carbonyl (C=O) groups is 2. The van der Waals surface area contributed by atoms with Gasteiger partial charge >= 0.3 is 0 Å². The second-order valence-electron chi connectivity index (χ2n) is 4.57. The van der Waals surface area contributed by atoms with Crippen LogP contribution in [-0.4, -0.2) is 35.3 Å². The second kappa shape index (κ2) is 4.28. The second-order valence-corrected chi connectivity index (χ2v) is 4.57. The molecule has 4 heteroatoms. The van der Waals surface area contributed by atoms with Crippen LogP contribution < -0.4 is 5.32 Å². The molecule has 2 aliphatic rings. The van der Waals surface area contributed by atoms with Gasteiger partial charge in [0.15, 0.2) is 0 Å². The van der Waals surface area contributed by atoms with E-state index in [1.165, 1.54) is 0 Å². The number of hydrogen-bond acceptors (Lipinski definition) is 2. The highest BCUT2D eigenvalue weighted by Crippen LogP contribution is 2.36. The number of carbonyl (C=O) groups excluding carboxylic acids is 2. The standard InChI is InChI=1S/C12H18N2O2/c1-3-4-7-14-10(9-5-6-9)11(15)13-8(2)12(14)16/h3-4,8-10H,5-7H2,1-2H3,(H,13,15)/b4-3+.